The third kappa shape index (κ3) is 6.78. The largest absolute Gasteiger partial charge is 0.356 e. The number of aromatic nitrogens is 1. The summed E-state index contributed by atoms with van der Waals surface area (Å²) >= 11 is 0. The van der Waals surface area contributed by atoms with E-state index in [1.54, 1.807) is 12.4 Å². The molecule has 2 amide bonds. The van der Waals surface area contributed by atoms with E-state index in [4.69, 9.17) is 0 Å². The third-order valence-corrected chi connectivity index (χ3v) is 6.13. The number of carbonyl (C=O) groups excluding carboxylic acids is 2. The molecule has 3 heterocycles. The lowest BCUT2D eigenvalue weighted by Crippen LogP contribution is -2.50. The summed E-state index contributed by atoms with van der Waals surface area (Å²) in [4.78, 5) is 36.2. The van der Waals surface area contributed by atoms with Gasteiger partial charge < -0.3 is 15.1 Å². The standard InChI is InChI=1S/C22H35N5O2/c1-2-25-14-16-27(17-15-25)22(29)20-4-3-12-26(13-8-21(28)24-11-7-20)18-19-5-9-23-10-6-19/h5-6,9-10,20H,2-4,7-8,11-18H2,1H3,(H,24,28). The number of likely N-dealkylation sites (N-methyl/N-ethyl adjacent to an activating group) is 1. The number of nitrogens with zero attached hydrogens (tertiary/aromatic N) is 4. The van der Waals surface area contributed by atoms with E-state index >= 15 is 0 Å². The van der Waals surface area contributed by atoms with Gasteiger partial charge in [0.05, 0.1) is 0 Å². The van der Waals surface area contributed by atoms with Gasteiger partial charge in [0.25, 0.3) is 0 Å². The van der Waals surface area contributed by atoms with Crippen molar-refractivity contribution in [3.63, 3.8) is 0 Å². The topological polar surface area (TPSA) is 68.8 Å². The fourth-order valence-corrected chi connectivity index (χ4v) is 4.25. The number of amides is 2. The molecule has 0 spiro atoms. The van der Waals surface area contributed by atoms with Gasteiger partial charge in [0.2, 0.25) is 11.8 Å². The van der Waals surface area contributed by atoms with Crippen LogP contribution in [0.5, 0.6) is 0 Å². The van der Waals surface area contributed by atoms with Crippen LogP contribution in [0.1, 0.15) is 38.2 Å². The van der Waals surface area contributed by atoms with Crippen LogP contribution in [0, 0.1) is 5.92 Å². The molecule has 1 atom stereocenters. The van der Waals surface area contributed by atoms with Gasteiger partial charge in [-0.1, -0.05) is 6.92 Å². The molecule has 2 aliphatic rings. The molecule has 0 aromatic carbocycles. The second-order valence-electron chi connectivity index (χ2n) is 8.12. The Morgan fingerprint density at radius 2 is 1.83 bits per heavy atom. The van der Waals surface area contributed by atoms with Crippen molar-refractivity contribution >= 4 is 11.8 Å². The molecule has 29 heavy (non-hydrogen) atoms. The first-order valence-electron chi connectivity index (χ1n) is 11.0. The van der Waals surface area contributed by atoms with Crippen LogP contribution in [0.25, 0.3) is 0 Å². The minimum Gasteiger partial charge on any atom is -0.356 e. The van der Waals surface area contributed by atoms with Crippen molar-refractivity contribution < 1.29 is 9.59 Å². The predicted octanol–water partition coefficient (Wildman–Crippen LogP) is 1.35. The number of hydrogen-bond donors (Lipinski definition) is 1. The number of rotatable bonds is 4. The van der Waals surface area contributed by atoms with E-state index in [0.29, 0.717) is 13.0 Å². The van der Waals surface area contributed by atoms with Gasteiger partial charge in [-0.3, -0.25) is 19.5 Å². The molecule has 1 N–H and O–H groups in total. The fourth-order valence-electron chi connectivity index (χ4n) is 4.25. The molecular formula is C22H35N5O2. The Kier molecular flexibility index (Phi) is 8.43. The first-order valence-corrected chi connectivity index (χ1v) is 11.0. The molecule has 3 rings (SSSR count). The molecule has 2 aliphatic heterocycles. The van der Waals surface area contributed by atoms with Crippen LogP contribution < -0.4 is 5.32 Å². The maximum absolute atomic E-state index is 13.1. The van der Waals surface area contributed by atoms with E-state index in [0.717, 1.165) is 71.6 Å². The average molecular weight is 402 g/mol. The molecule has 0 bridgehead atoms. The van der Waals surface area contributed by atoms with Gasteiger partial charge >= 0.3 is 0 Å². The van der Waals surface area contributed by atoms with Gasteiger partial charge in [0.1, 0.15) is 0 Å². The number of hydrogen-bond acceptors (Lipinski definition) is 5. The Hall–Kier alpha value is -1.99. The number of pyridine rings is 1. The smallest absolute Gasteiger partial charge is 0.225 e. The minimum atomic E-state index is 0.00403. The van der Waals surface area contributed by atoms with Crippen molar-refractivity contribution in [2.24, 2.45) is 5.92 Å². The van der Waals surface area contributed by atoms with Crippen LogP contribution in [0.3, 0.4) is 0 Å². The number of piperazine rings is 1. The molecule has 160 valence electrons. The Morgan fingerprint density at radius 3 is 2.55 bits per heavy atom. The van der Waals surface area contributed by atoms with E-state index in [9.17, 15) is 9.59 Å². The summed E-state index contributed by atoms with van der Waals surface area (Å²) in [7, 11) is 0. The highest BCUT2D eigenvalue weighted by molar-refractivity contribution is 5.79. The lowest BCUT2D eigenvalue weighted by molar-refractivity contribution is -0.138. The zero-order chi connectivity index (χ0) is 20.5. The predicted molar refractivity (Wildman–Crippen MR) is 113 cm³/mol. The highest BCUT2D eigenvalue weighted by atomic mass is 16.2. The minimum absolute atomic E-state index is 0.00403. The number of carbonyl (C=O) groups is 2. The monoisotopic (exact) mass is 401 g/mol. The molecular weight excluding hydrogens is 366 g/mol. The van der Waals surface area contributed by atoms with Crippen LogP contribution in [0.15, 0.2) is 24.5 Å². The van der Waals surface area contributed by atoms with Crippen LogP contribution in [0.2, 0.25) is 0 Å². The van der Waals surface area contributed by atoms with Gasteiger partial charge in [-0.05, 0) is 50.0 Å². The Balaban J connectivity index is 1.58. The maximum Gasteiger partial charge on any atom is 0.225 e. The van der Waals surface area contributed by atoms with Crippen LogP contribution in [-0.4, -0.2) is 83.9 Å². The summed E-state index contributed by atoms with van der Waals surface area (Å²) in [5, 5.41) is 3.01. The fraction of sp³-hybridized carbons (Fsp3) is 0.682. The summed E-state index contributed by atoms with van der Waals surface area (Å²) in [6.07, 6.45) is 6.72. The average Bonchev–Trinajstić information content (AvgIpc) is 2.80. The SMILES string of the molecule is CCN1CCN(C(=O)C2CCCN(Cc3ccncc3)CCC(=O)NCC2)CC1. The molecule has 0 radical (unpaired) electrons. The molecule has 1 aromatic rings. The molecule has 1 unspecified atom stereocenters. The Bertz CT molecular complexity index is 646. The van der Waals surface area contributed by atoms with E-state index in [1.165, 1.54) is 5.56 Å². The second-order valence-corrected chi connectivity index (χ2v) is 8.12. The first kappa shape index (κ1) is 21.7. The third-order valence-electron chi connectivity index (χ3n) is 6.13. The van der Waals surface area contributed by atoms with E-state index < -0.39 is 0 Å². The lowest BCUT2D eigenvalue weighted by atomic mass is 9.97. The van der Waals surface area contributed by atoms with Crippen LogP contribution in [0.4, 0.5) is 0 Å². The van der Waals surface area contributed by atoms with E-state index in [-0.39, 0.29) is 17.7 Å². The van der Waals surface area contributed by atoms with Crippen molar-refractivity contribution in [3.05, 3.63) is 30.1 Å². The summed E-state index contributed by atoms with van der Waals surface area (Å²) < 4.78 is 0. The Labute approximate surface area is 174 Å². The summed E-state index contributed by atoms with van der Waals surface area (Å²) in [6.45, 7) is 9.84. The summed E-state index contributed by atoms with van der Waals surface area (Å²) in [5.41, 5.74) is 1.21. The quantitative estimate of drug-likeness (QED) is 0.825. The number of nitrogens with one attached hydrogen (secondary N) is 1. The van der Waals surface area contributed by atoms with Gasteiger partial charge in [-0.15, -0.1) is 0 Å². The zero-order valence-electron chi connectivity index (χ0n) is 17.7. The van der Waals surface area contributed by atoms with Crippen molar-refractivity contribution in [3.8, 4) is 0 Å². The molecule has 2 fully saturated rings. The summed E-state index contributed by atoms with van der Waals surface area (Å²) in [5.74, 6) is 0.355. The molecule has 7 heteroatoms. The zero-order valence-corrected chi connectivity index (χ0v) is 17.7. The van der Waals surface area contributed by atoms with E-state index in [2.05, 4.69) is 27.0 Å². The highest BCUT2D eigenvalue weighted by Gasteiger charge is 2.27. The first-order chi connectivity index (χ1) is 14.2. The van der Waals surface area contributed by atoms with Crippen LogP contribution in [-0.2, 0) is 16.1 Å². The molecule has 2 saturated heterocycles. The Morgan fingerprint density at radius 1 is 1.07 bits per heavy atom. The molecule has 7 nitrogen and oxygen atoms in total. The van der Waals surface area contributed by atoms with Gasteiger partial charge in [-0.25, -0.2) is 0 Å². The molecule has 0 saturated carbocycles. The van der Waals surface area contributed by atoms with Crippen molar-refractivity contribution in [2.75, 3.05) is 52.4 Å². The van der Waals surface area contributed by atoms with Gasteiger partial charge in [0, 0.05) is 70.5 Å². The summed E-state index contributed by atoms with van der Waals surface area (Å²) in [6, 6.07) is 4.04. The highest BCUT2D eigenvalue weighted by Crippen LogP contribution is 2.18. The van der Waals surface area contributed by atoms with Gasteiger partial charge in [0.15, 0.2) is 0 Å². The molecule has 1 aromatic heterocycles. The second kappa shape index (κ2) is 11.3. The molecule has 0 aliphatic carbocycles. The van der Waals surface area contributed by atoms with Crippen molar-refractivity contribution in [2.45, 2.75) is 39.2 Å². The van der Waals surface area contributed by atoms with Crippen molar-refractivity contribution in [1.29, 1.82) is 0 Å². The maximum atomic E-state index is 13.1. The normalized spacial score (nSPS) is 23.3. The van der Waals surface area contributed by atoms with Gasteiger partial charge in [-0.2, -0.15) is 0 Å². The van der Waals surface area contributed by atoms with E-state index in [1.807, 2.05) is 17.0 Å². The van der Waals surface area contributed by atoms with Crippen molar-refractivity contribution in [1.82, 2.24) is 25.0 Å². The van der Waals surface area contributed by atoms with Crippen LogP contribution >= 0.6 is 0 Å². The lowest BCUT2D eigenvalue weighted by Gasteiger charge is -2.36.